The standard InChI is InChI=1S/C22H27N5O2/c1-14(2)27(18-7-8-18)10-9-23-21(28)16-6-4-5-15(11-16)17-12-19-20(24-13-17)25-22(29)26(19)3/h4-6,11-14,18H,7-10H2,1-3H3,(H,23,28)(H,24,25,29)/p+1. The van der Waals surface area contributed by atoms with Gasteiger partial charge in [0.1, 0.15) is 5.52 Å². The van der Waals surface area contributed by atoms with Crippen LogP contribution in [0, 0.1) is 0 Å². The highest BCUT2D eigenvalue weighted by molar-refractivity contribution is 5.95. The Balaban J connectivity index is 1.47. The minimum Gasteiger partial charge on any atom is -0.351 e. The van der Waals surface area contributed by atoms with Crippen LogP contribution in [0.15, 0.2) is 41.3 Å². The minimum atomic E-state index is -0.164. The van der Waals surface area contributed by atoms with Crippen LogP contribution in [0.4, 0.5) is 0 Å². The molecule has 0 saturated heterocycles. The van der Waals surface area contributed by atoms with E-state index in [0.29, 0.717) is 29.8 Å². The molecule has 3 aromatic rings. The van der Waals surface area contributed by atoms with Gasteiger partial charge in [-0.15, -0.1) is 0 Å². The zero-order chi connectivity index (χ0) is 20.5. The lowest BCUT2D eigenvalue weighted by Gasteiger charge is -2.26. The van der Waals surface area contributed by atoms with Gasteiger partial charge in [-0.25, -0.2) is 9.78 Å². The van der Waals surface area contributed by atoms with Gasteiger partial charge < -0.3 is 5.32 Å². The molecule has 2 heterocycles. The Bertz CT molecular complexity index is 1090. The van der Waals surface area contributed by atoms with Gasteiger partial charge in [-0.1, -0.05) is 12.1 Å². The number of amides is 1. The maximum atomic E-state index is 12.6. The Labute approximate surface area is 169 Å². The molecule has 1 aliphatic carbocycles. The summed E-state index contributed by atoms with van der Waals surface area (Å²) in [5.74, 6) is -0.0644. The number of benzene rings is 1. The van der Waals surface area contributed by atoms with Gasteiger partial charge >= 0.3 is 11.3 Å². The van der Waals surface area contributed by atoms with Crippen molar-refractivity contribution < 1.29 is 9.78 Å². The minimum absolute atomic E-state index is 0.0644. The Morgan fingerprint density at radius 3 is 2.83 bits per heavy atom. The molecule has 1 saturated carbocycles. The molecule has 152 valence electrons. The average molecular weight is 394 g/mol. The molecule has 0 atom stereocenters. The van der Waals surface area contributed by atoms with Crippen molar-refractivity contribution in [3.05, 3.63) is 52.6 Å². The van der Waals surface area contributed by atoms with E-state index in [4.69, 9.17) is 0 Å². The van der Waals surface area contributed by atoms with Crippen molar-refractivity contribution in [1.82, 2.24) is 19.8 Å². The summed E-state index contributed by atoms with van der Waals surface area (Å²) in [4.78, 5) is 32.8. The number of fused-ring (bicyclic) bond motifs is 1. The quantitative estimate of drug-likeness (QED) is 0.642. The normalized spacial score (nSPS) is 14.1. The van der Waals surface area contributed by atoms with Crippen LogP contribution < -0.4 is 16.0 Å². The van der Waals surface area contributed by atoms with E-state index in [-0.39, 0.29) is 11.6 Å². The van der Waals surface area contributed by atoms with Crippen LogP contribution in [-0.2, 0) is 7.05 Å². The van der Waals surface area contributed by atoms with Crippen LogP contribution in [0.5, 0.6) is 0 Å². The number of hydrogen-bond donors (Lipinski definition) is 2. The summed E-state index contributed by atoms with van der Waals surface area (Å²) in [5.41, 5.74) is 3.78. The summed E-state index contributed by atoms with van der Waals surface area (Å²) in [5, 5.41) is 3.05. The van der Waals surface area contributed by atoms with Gasteiger partial charge in [0.15, 0.2) is 0 Å². The van der Waals surface area contributed by atoms with Gasteiger partial charge in [-0.05, 0) is 50.5 Å². The van der Waals surface area contributed by atoms with Crippen LogP contribution >= 0.6 is 0 Å². The number of nitrogens with one attached hydrogen (secondary N) is 3. The Morgan fingerprint density at radius 2 is 2.10 bits per heavy atom. The summed E-state index contributed by atoms with van der Waals surface area (Å²) >= 11 is 0. The summed E-state index contributed by atoms with van der Waals surface area (Å²) in [6.45, 7) is 5.93. The van der Waals surface area contributed by atoms with Gasteiger partial charge in [0.05, 0.1) is 6.20 Å². The van der Waals surface area contributed by atoms with Crippen molar-refractivity contribution in [1.29, 1.82) is 0 Å². The SMILES string of the molecule is CC(C)N(CCNC(=O)c1cccc(-c2c[nH+]c3[nH]c(=O)n(C)c3c2)c1)C1CC1. The molecular formula is C22H28N5O2+. The van der Waals surface area contributed by atoms with Crippen LogP contribution in [0.2, 0.25) is 0 Å². The first kappa shape index (κ1) is 19.4. The third-order valence-corrected chi connectivity index (χ3v) is 5.61. The lowest BCUT2D eigenvalue weighted by Crippen LogP contribution is -2.40. The topological polar surface area (TPSA) is 84.3 Å². The number of H-pyrrole nitrogens is 2. The first-order chi connectivity index (χ1) is 13.9. The first-order valence-corrected chi connectivity index (χ1v) is 10.2. The van der Waals surface area contributed by atoms with E-state index < -0.39 is 0 Å². The molecule has 1 amide bonds. The lowest BCUT2D eigenvalue weighted by molar-refractivity contribution is -0.346. The second kappa shape index (κ2) is 7.83. The van der Waals surface area contributed by atoms with Crippen LogP contribution in [-0.4, -0.2) is 45.5 Å². The molecule has 1 aliphatic rings. The maximum absolute atomic E-state index is 12.6. The molecule has 7 heteroatoms. The zero-order valence-corrected chi connectivity index (χ0v) is 17.2. The maximum Gasteiger partial charge on any atom is 0.413 e. The van der Waals surface area contributed by atoms with Gasteiger partial charge in [-0.3, -0.25) is 14.3 Å². The number of imidazole rings is 1. The molecule has 1 fully saturated rings. The van der Waals surface area contributed by atoms with Gasteiger partial charge in [-0.2, -0.15) is 4.98 Å². The summed E-state index contributed by atoms with van der Waals surface area (Å²) in [7, 11) is 1.73. The Hall–Kier alpha value is -2.93. The van der Waals surface area contributed by atoms with Crippen LogP contribution in [0.3, 0.4) is 0 Å². The first-order valence-electron chi connectivity index (χ1n) is 10.2. The number of aromatic nitrogens is 3. The third-order valence-electron chi connectivity index (χ3n) is 5.61. The number of carbonyl (C=O) groups is 1. The molecule has 0 spiro atoms. The number of pyridine rings is 1. The molecule has 0 radical (unpaired) electrons. The Kier molecular flexibility index (Phi) is 5.24. The smallest absolute Gasteiger partial charge is 0.351 e. The zero-order valence-electron chi connectivity index (χ0n) is 17.2. The molecule has 2 aromatic heterocycles. The second-order valence-corrected chi connectivity index (χ2v) is 8.04. The van der Waals surface area contributed by atoms with E-state index in [1.807, 2.05) is 36.5 Å². The molecule has 3 N–H and O–H groups in total. The van der Waals surface area contributed by atoms with E-state index >= 15 is 0 Å². The number of hydrogen-bond acceptors (Lipinski definition) is 3. The lowest BCUT2D eigenvalue weighted by atomic mass is 10.0. The molecule has 0 unspecified atom stereocenters. The van der Waals surface area contributed by atoms with E-state index in [9.17, 15) is 9.59 Å². The average Bonchev–Trinajstić information content (AvgIpc) is 3.51. The molecule has 0 aliphatic heterocycles. The summed E-state index contributed by atoms with van der Waals surface area (Å²) < 4.78 is 1.56. The van der Waals surface area contributed by atoms with E-state index in [1.54, 1.807) is 11.6 Å². The van der Waals surface area contributed by atoms with Crippen molar-refractivity contribution >= 4 is 17.1 Å². The number of aromatic amines is 2. The largest absolute Gasteiger partial charge is 0.413 e. The number of carbonyl (C=O) groups excluding carboxylic acids is 1. The van der Waals surface area contributed by atoms with Crippen molar-refractivity contribution in [2.45, 2.75) is 38.8 Å². The summed E-state index contributed by atoms with van der Waals surface area (Å²) in [6, 6.07) is 10.7. The van der Waals surface area contributed by atoms with Crippen molar-refractivity contribution in [3.8, 4) is 11.1 Å². The number of aryl methyl sites for hydroxylation is 1. The van der Waals surface area contributed by atoms with E-state index in [2.05, 4.69) is 34.0 Å². The fourth-order valence-electron chi connectivity index (χ4n) is 3.83. The van der Waals surface area contributed by atoms with E-state index in [0.717, 1.165) is 23.2 Å². The highest BCUT2D eigenvalue weighted by Gasteiger charge is 2.30. The van der Waals surface area contributed by atoms with Crippen LogP contribution in [0.1, 0.15) is 37.0 Å². The van der Waals surface area contributed by atoms with E-state index in [1.165, 1.54) is 12.8 Å². The van der Waals surface area contributed by atoms with Gasteiger partial charge in [0, 0.05) is 43.3 Å². The third kappa shape index (κ3) is 4.10. The van der Waals surface area contributed by atoms with Crippen molar-refractivity contribution in [2.75, 3.05) is 13.1 Å². The fourth-order valence-corrected chi connectivity index (χ4v) is 3.83. The van der Waals surface area contributed by atoms with Crippen LogP contribution in [0.25, 0.3) is 22.3 Å². The van der Waals surface area contributed by atoms with Crippen molar-refractivity contribution in [2.24, 2.45) is 7.05 Å². The highest BCUT2D eigenvalue weighted by Crippen LogP contribution is 2.28. The molecule has 4 rings (SSSR count). The van der Waals surface area contributed by atoms with Gasteiger partial charge in [0.25, 0.3) is 5.91 Å². The molecule has 0 bridgehead atoms. The Morgan fingerprint density at radius 1 is 1.31 bits per heavy atom. The molecule has 7 nitrogen and oxygen atoms in total. The summed E-state index contributed by atoms with van der Waals surface area (Å²) in [6.07, 6.45) is 4.37. The predicted octanol–water partition coefficient (Wildman–Crippen LogP) is 1.95. The number of nitrogens with zero attached hydrogens (tertiary/aromatic N) is 2. The van der Waals surface area contributed by atoms with Crippen molar-refractivity contribution in [3.63, 3.8) is 0 Å². The second-order valence-electron chi connectivity index (χ2n) is 8.04. The molecule has 29 heavy (non-hydrogen) atoms. The predicted molar refractivity (Wildman–Crippen MR) is 113 cm³/mol. The fraction of sp³-hybridized carbons (Fsp3) is 0.409. The molecular weight excluding hydrogens is 366 g/mol. The number of rotatable bonds is 7. The highest BCUT2D eigenvalue weighted by atomic mass is 16.2. The monoisotopic (exact) mass is 394 g/mol. The van der Waals surface area contributed by atoms with Gasteiger partial charge in [0.2, 0.25) is 0 Å². The molecule has 1 aromatic carbocycles.